The standard InChI is InChI=1S/C45H29N5/c1-4-14-30(15-5-1)42-41(29-47-45(48-42)31-16-6-2-7-17-31)50-38-23-11-10-20-35(38)36-22-12-21-34(44(36)50)32-25-26-37-40(28-32)49(33-18-8-3-9-19-33)39-24-13-27-46-43(37)39/h1-29H. The van der Waals surface area contributed by atoms with E-state index in [0.29, 0.717) is 5.82 Å². The van der Waals surface area contributed by atoms with Gasteiger partial charge in [0.05, 0.1) is 45.2 Å². The molecule has 234 valence electrons. The zero-order chi connectivity index (χ0) is 33.0. The highest BCUT2D eigenvalue weighted by Gasteiger charge is 2.22. The Labute approximate surface area is 288 Å². The Bertz CT molecular complexity index is 2850. The summed E-state index contributed by atoms with van der Waals surface area (Å²) in [6, 6.07) is 57.3. The Kier molecular flexibility index (Phi) is 6.42. The van der Waals surface area contributed by atoms with Crippen LogP contribution in [0.15, 0.2) is 176 Å². The zero-order valence-corrected chi connectivity index (χ0v) is 27.0. The maximum atomic E-state index is 5.25. The van der Waals surface area contributed by atoms with E-state index in [-0.39, 0.29) is 0 Å². The number of hydrogen-bond donors (Lipinski definition) is 0. The summed E-state index contributed by atoms with van der Waals surface area (Å²) in [4.78, 5) is 15.0. The molecule has 0 bridgehead atoms. The fourth-order valence-corrected chi connectivity index (χ4v) is 7.43. The van der Waals surface area contributed by atoms with Crippen LogP contribution in [0.1, 0.15) is 0 Å². The molecule has 10 rings (SSSR count). The summed E-state index contributed by atoms with van der Waals surface area (Å²) in [7, 11) is 0. The number of rotatable bonds is 5. The third-order valence-corrected chi connectivity index (χ3v) is 9.63. The van der Waals surface area contributed by atoms with Crippen molar-refractivity contribution in [3.63, 3.8) is 0 Å². The van der Waals surface area contributed by atoms with E-state index < -0.39 is 0 Å². The molecule has 4 heterocycles. The molecule has 0 spiro atoms. The van der Waals surface area contributed by atoms with E-state index in [1.807, 2.05) is 42.7 Å². The van der Waals surface area contributed by atoms with Crippen molar-refractivity contribution < 1.29 is 0 Å². The lowest BCUT2D eigenvalue weighted by molar-refractivity contribution is 1.09. The average molecular weight is 640 g/mol. The van der Waals surface area contributed by atoms with Gasteiger partial charge in [0.15, 0.2) is 5.82 Å². The van der Waals surface area contributed by atoms with Gasteiger partial charge in [-0.25, -0.2) is 9.97 Å². The van der Waals surface area contributed by atoms with E-state index in [1.165, 1.54) is 10.8 Å². The van der Waals surface area contributed by atoms with Crippen LogP contribution in [0, 0.1) is 0 Å². The van der Waals surface area contributed by atoms with Crippen LogP contribution in [0.25, 0.3) is 88.9 Å². The number of benzene rings is 6. The van der Waals surface area contributed by atoms with Crippen LogP contribution in [-0.2, 0) is 0 Å². The van der Waals surface area contributed by atoms with Gasteiger partial charge in [0.2, 0.25) is 0 Å². The van der Waals surface area contributed by atoms with E-state index in [1.54, 1.807) is 0 Å². The molecule has 0 unspecified atom stereocenters. The van der Waals surface area contributed by atoms with Gasteiger partial charge in [0, 0.05) is 44.7 Å². The number of aromatic nitrogens is 5. The molecule has 0 fully saturated rings. The third kappa shape index (κ3) is 4.37. The van der Waals surface area contributed by atoms with Crippen molar-refractivity contribution in [2.75, 3.05) is 0 Å². The minimum Gasteiger partial charge on any atom is -0.308 e. The predicted molar refractivity (Wildman–Crippen MR) is 205 cm³/mol. The minimum atomic E-state index is 0.696. The van der Waals surface area contributed by atoms with Crippen molar-refractivity contribution in [3.8, 4) is 45.1 Å². The van der Waals surface area contributed by atoms with Gasteiger partial charge >= 0.3 is 0 Å². The lowest BCUT2D eigenvalue weighted by Crippen LogP contribution is -2.03. The van der Waals surface area contributed by atoms with E-state index >= 15 is 0 Å². The van der Waals surface area contributed by atoms with E-state index in [9.17, 15) is 0 Å². The van der Waals surface area contributed by atoms with Crippen LogP contribution in [0.5, 0.6) is 0 Å². The first kappa shape index (κ1) is 28.2. The Morgan fingerprint density at radius 3 is 1.96 bits per heavy atom. The SMILES string of the molecule is c1ccc(-c2ncc(-n3c4ccccc4c4cccc(-c5ccc6c7ncccc7n(-c7ccccc7)c6c5)c43)c(-c3ccccc3)n2)cc1. The molecule has 0 saturated heterocycles. The fraction of sp³-hybridized carbons (Fsp3) is 0. The topological polar surface area (TPSA) is 48.5 Å². The molecule has 0 amide bonds. The van der Waals surface area contributed by atoms with Gasteiger partial charge in [0.1, 0.15) is 0 Å². The van der Waals surface area contributed by atoms with Crippen molar-refractivity contribution in [2.24, 2.45) is 0 Å². The molecule has 0 aliphatic heterocycles. The molecular weight excluding hydrogens is 611 g/mol. The maximum Gasteiger partial charge on any atom is 0.159 e. The minimum absolute atomic E-state index is 0.696. The summed E-state index contributed by atoms with van der Waals surface area (Å²) in [6.07, 6.45) is 3.86. The number of nitrogens with zero attached hydrogens (tertiary/aromatic N) is 5. The van der Waals surface area contributed by atoms with Crippen molar-refractivity contribution in [2.45, 2.75) is 0 Å². The first-order chi connectivity index (χ1) is 24.8. The summed E-state index contributed by atoms with van der Waals surface area (Å²) in [5.41, 5.74) is 12.6. The Morgan fingerprint density at radius 1 is 0.440 bits per heavy atom. The Morgan fingerprint density at radius 2 is 1.14 bits per heavy atom. The summed E-state index contributed by atoms with van der Waals surface area (Å²) >= 11 is 0. The normalized spacial score (nSPS) is 11.6. The monoisotopic (exact) mass is 639 g/mol. The average Bonchev–Trinajstić information content (AvgIpc) is 3.71. The largest absolute Gasteiger partial charge is 0.308 e. The number of hydrogen-bond acceptors (Lipinski definition) is 3. The lowest BCUT2D eigenvalue weighted by atomic mass is 10.0. The van der Waals surface area contributed by atoms with Gasteiger partial charge in [-0.15, -0.1) is 0 Å². The summed E-state index contributed by atoms with van der Waals surface area (Å²) in [5, 5.41) is 3.48. The van der Waals surface area contributed by atoms with Crippen molar-refractivity contribution in [1.82, 2.24) is 24.1 Å². The molecule has 5 nitrogen and oxygen atoms in total. The Hall–Kier alpha value is -6.85. The first-order valence-electron chi connectivity index (χ1n) is 16.8. The van der Waals surface area contributed by atoms with Crippen molar-refractivity contribution >= 4 is 43.7 Å². The third-order valence-electron chi connectivity index (χ3n) is 9.63. The Balaban J connectivity index is 1.28. The maximum absolute atomic E-state index is 5.25. The molecule has 50 heavy (non-hydrogen) atoms. The number of fused-ring (bicyclic) bond motifs is 6. The summed E-state index contributed by atoms with van der Waals surface area (Å²) < 4.78 is 4.68. The molecule has 6 aromatic carbocycles. The molecule has 0 saturated carbocycles. The van der Waals surface area contributed by atoms with Crippen LogP contribution in [0.4, 0.5) is 0 Å². The van der Waals surface area contributed by atoms with Crippen LogP contribution in [0.3, 0.4) is 0 Å². The fourth-order valence-electron chi connectivity index (χ4n) is 7.43. The van der Waals surface area contributed by atoms with Gasteiger partial charge < -0.3 is 9.13 Å². The van der Waals surface area contributed by atoms with Crippen LogP contribution in [-0.4, -0.2) is 24.1 Å². The molecule has 4 aromatic heterocycles. The number of para-hydroxylation sites is 3. The van der Waals surface area contributed by atoms with E-state index in [2.05, 4.69) is 143 Å². The molecule has 0 aliphatic carbocycles. The number of pyridine rings is 1. The van der Waals surface area contributed by atoms with Gasteiger partial charge in [-0.1, -0.05) is 121 Å². The van der Waals surface area contributed by atoms with Crippen molar-refractivity contribution in [1.29, 1.82) is 0 Å². The highest BCUT2D eigenvalue weighted by Crippen LogP contribution is 2.42. The predicted octanol–water partition coefficient (Wildman–Crippen LogP) is 11.1. The van der Waals surface area contributed by atoms with Gasteiger partial charge in [-0.2, -0.15) is 0 Å². The molecule has 10 aromatic rings. The summed E-state index contributed by atoms with van der Waals surface area (Å²) in [6.45, 7) is 0. The highest BCUT2D eigenvalue weighted by molar-refractivity contribution is 6.15. The molecule has 0 radical (unpaired) electrons. The first-order valence-corrected chi connectivity index (χ1v) is 16.8. The highest BCUT2D eigenvalue weighted by atomic mass is 15.0. The quantitative estimate of drug-likeness (QED) is 0.188. The van der Waals surface area contributed by atoms with Gasteiger partial charge in [-0.3, -0.25) is 4.98 Å². The molecule has 0 N–H and O–H groups in total. The lowest BCUT2D eigenvalue weighted by Gasteiger charge is -2.16. The zero-order valence-electron chi connectivity index (χ0n) is 27.0. The second-order valence-corrected chi connectivity index (χ2v) is 12.5. The van der Waals surface area contributed by atoms with Crippen molar-refractivity contribution in [3.05, 3.63) is 176 Å². The van der Waals surface area contributed by atoms with Crippen LogP contribution < -0.4 is 0 Å². The van der Waals surface area contributed by atoms with Crippen LogP contribution >= 0.6 is 0 Å². The smallest absolute Gasteiger partial charge is 0.159 e. The molecule has 0 atom stereocenters. The van der Waals surface area contributed by atoms with E-state index in [0.717, 1.165) is 72.3 Å². The second-order valence-electron chi connectivity index (χ2n) is 12.5. The molecule has 5 heteroatoms. The second kappa shape index (κ2) is 11.4. The summed E-state index contributed by atoms with van der Waals surface area (Å²) in [5.74, 6) is 0.696. The van der Waals surface area contributed by atoms with Crippen LogP contribution in [0.2, 0.25) is 0 Å². The molecular formula is C45H29N5. The van der Waals surface area contributed by atoms with Gasteiger partial charge in [0.25, 0.3) is 0 Å². The van der Waals surface area contributed by atoms with E-state index in [4.69, 9.17) is 15.0 Å². The molecule has 0 aliphatic rings. The van der Waals surface area contributed by atoms with Gasteiger partial charge in [-0.05, 0) is 48.0 Å².